The number of piperidine rings is 1. The van der Waals surface area contributed by atoms with Gasteiger partial charge in [0.15, 0.2) is 5.82 Å². The zero-order valence-corrected chi connectivity index (χ0v) is 17.2. The Balaban J connectivity index is 1.31. The van der Waals surface area contributed by atoms with Crippen LogP contribution in [-0.4, -0.2) is 43.2 Å². The van der Waals surface area contributed by atoms with Crippen molar-refractivity contribution in [1.82, 2.24) is 19.9 Å². The van der Waals surface area contributed by atoms with Crippen molar-refractivity contribution < 1.29 is 8.42 Å². The lowest BCUT2D eigenvalue weighted by Crippen LogP contribution is -2.38. The highest BCUT2D eigenvalue weighted by atomic mass is 32.2. The summed E-state index contributed by atoms with van der Waals surface area (Å²) in [6.07, 6.45) is 5.37. The molecule has 0 aliphatic carbocycles. The number of H-pyrrole nitrogens is 1. The molecule has 1 fully saturated rings. The largest absolute Gasteiger partial charge is 0.355 e. The number of hydrogen-bond acceptors (Lipinski definition) is 5. The first-order valence-electron chi connectivity index (χ1n) is 9.78. The lowest BCUT2D eigenvalue weighted by atomic mass is 9.97. The maximum atomic E-state index is 12.5. The Bertz CT molecular complexity index is 1040. The van der Waals surface area contributed by atoms with Crippen LogP contribution in [0.5, 0.6) is 0 Å². The van der Waals surface area contributed by atoms with Crippen LogP contribution in [0.25, 0.3) is 11.3 Å². The number of anilines is 1. The molecule has 152 valence electrons. The van der Waals surface area contributed by atoms with Gasteiger partial charge in [0.1, 0.15) is 0 Å². The molecule has 0 amide bonds. The van der Waals surface area contributed by atoms with Crippen LogP contribution in [0.15, 0.2) is 59.8 Å². The van der Waals surface area contributed by atoms with Crippen LogP contribution in [0.2, 0.25) is 0 Å². The Kier molecular flexibility index (Phi) is 5.64. The third-order valence-electron chi connectivity index (χ3n) is 5.39. The highest BCUT2D eigenvalue weighted by Gasteiger charge is 2.23. The van der Waals surface area contributed by atoms with Gasteiger partial charge in [0.2, 0.25) is 10.0 Å². The van der Waals surface area contributed by atoms with Crippen molar-refractivity contribution in [2.24, 2.45) is 5.92 Å². The van der Waals surface area contributed by atoms with Gasteiger partial charge >= 0.3 is 0 Å². The molecule has 2 aromatic heterocycles. The Morgan fingerprint density at radius 3 is 2.48 bits per heavy atom. The summed E-state index contributed by atoms with van der Waals surface area (Å²) in [7, 11) is -3.46. The van der Waals surface area contributed by atoms with E-state index in [1.807, 2.05) is 31.2 Å². The van der Waals surface area contributed by atoms with E-state index in [-0.39, 0.29) is 0 Å². The maximum absolute atomic E-state index is 12.5. The summed E-state index contributed by atoms with van der Waals surface area (Å²) in [5.74, 6) is 1.25. The fourth-order valence-electron chi connectivity index (χ4n) is 3.55. The van der Waals surface area contributed by atoms with Gasteiger partial charge in [0, 0.05) is 43.7 Å². The van der Waals surface area contributed by atoms with E-state index in [1.165, 1.54) is 0 Å². The van der Waals surface area contributed by atoms with Gasteiger partial charge in [-0.2, -0.15) is 5.10 Å². The minimum absolute atomic E-state index is 0.320. The van der Waals surface area contributed by atoms with Gasteiger partial charge in [-0.1, -0.05) is 17.7 Å². The number of hydrogen-bond donors (Lipinski definition) is 2. The van der Waals surface area contributed by atoms with Crippen LogP contribution in [0.4, 0.5) is 5.82 Å². The first-order valence-corrected chi connectivity index (χ1v) is 11.3. The van der Waals surface area contributed by atoms with E-state index in [2.05, 4.69) is 30.9 Å². The van der Waals surface area contributed by atoms with Gasteiger partial charge in [-0.25, -0.2) is 13.1 Å². The van der Waals surface area contributed by atoms with E-state index < -0.39 is 10.0 Å². The van der Waals surface area contributed by atoms with Crippen LogP contribution >= 0.6 is 0 Å². The molecule has 0 bridgehead atoms. The van der Waals surface area contributed by atoms with Crippen molar-refractivity contribution in [2.45, 2.75) is 24.7 Å². The summed E-state index contributed by atoms with van der Waals surface area (Å²) < 4.78 is 27.7. The summed E-state index contributed by atoms with van der Waals surface area (Å²) >= 11 is 0. The fourth-order valence-corrected chi connectivity index (χ4v) is 4.66. The molecule has 2 N–H and O–H groups in total. The summed E-state index contributed by atoms with van der Waals surface area (Å²) in [4.78, 5) is 6.60. The van der Waals surface area contributed by atoms with Gasteiger partial charge in [-0.15, -0.1) is 0 Å². The second kappa shape index (κ2) is 8.34. The molecule has 1 saturated heterocycles. The predicted molar refractivity (Wildman–Crippen MR) is 113 cm³/mol. The van der Waals surface area contributed by atoms with E-state index >= 15 is 0 Å². The highest BCUT2D eigenvalue weighted by molar-refractivity contribution is 7.89. The van der Waals surface area contributed by atoms with Crippen LogP contribution in [0.1, 0.15) is 18.4 Å². The molecule has 1 aliphatic rings. The monoisotopic (exact) mass is 411 g/mol. The molecular weight excluding hydrogens is 386 g/mol. The van der Waals surface area contributed by atoms with Crippen LogP contribution in [0.3, 0.4) is 0 Å². The van der Waals surface area contributed by atoms with Gasteiger partial charge in [0.05, 0.1) is 10.6 Å². The molecule has 0 radical (unpaired) electrons. The van der Waals surface area contributed by atoms with Crippen molar-refractivity contribution >= 4 is 15.8 Å². The number of aromatic nitrogens is 3. The third kappa shape index (κ3) is 4.65. The quantitative estimate of drug-likeness (QED) is 0.651. The minimum atomic E-state index is -3.46. The van der Waals surface area contributed by atoms with E-state index in [0.717, 1.165) is 48.6 Å². The molecule has 0 atom stereocenters. The number of pyridine rings is 1. The number of aromatic amines is 1. The van der Waals surface area contributed by atoms with Crippen molar-refractivity contribution in [1.29, 1.82) is 0 Å². The normalized spacial score (nSPS) is 15.6. The number of benzene rings is 1. The van der Waals surface area contributed by atoms with Crippen LogP contribution in [-0.2, 0) is 10.0 Å². The number of nitrogens with one attached hydrogen (secondary N) is 2. The molecule has 1 aliphatic heterocycles. The Hall–Kier alpha value is -2.71. The topological polar surface area (TPSA) is 91.0 Å². The Morgan fingerprint density at radius 1 is 1.10 bits per heavy atom. The molecule has 4 rings (SSSR count). The Morgan fingerprint density at radius 2 is 1.79 bits per heavy atom. The average Bonchev–Trinajstić information content (AvgIpc) is 3.24. The second-order valence-electron chi connectivity index (χ2n) is 7.47. The van der Waals surface area contributed by atoms with Crippen molar-refractivity contribution in [3.05, 3.63) is 60.4 Å². The molecular formula is C21H25N5O2S. The van der Waals surface area contributed by atoms with Gasteiger partial charge in [-0.3, -0.25) is 10.1 Å². The summed E-state index contributed by atoms with van der Waals surface area (Å²) in [6.45, 7) is 4.12. The first kappa shape index (κ1) is 19.6. The summed E-state index contributed by atoms with van der Waals surface area (Å²) in [5.41, 5.74) is 3.07. The number of rotatable bonds is 6. The average molecular weight is 412 g/mol. The smallest absolute Gasteiger partial charge is 0.240 e. The zero-order valence-electron chi connectivity index (χ0n) is 16.4. The molecule has 0 saturated carbocycles. The first-order chi connectivity index (χ1) is 14.0. The third-order valence-corrected chi connectivity index (χ3v) is 6.83. The zero-order chi connectivity index (χ0) is 20.3. The molecule has 7 nitrogen and oxygen atoms in total. The van der Waals surface area contributed by atoms with E-state index in [0.29, 0.717) is 17.4 Å². The predicted octanol–water partition coefficient (Wildman–Crippen LogP) is 2.98. The Labute approximate surface area is 171 Å². The lowest BCUT2D eigenvalue weighted by molar-refractivity contribution is 0.400. The van der Waals surface area contributed by atoms with Gasteiger partial charge in [-0.05, 0) is 49.9 Å². The molecule has 0 unspecified atom stereocenters. The van der Waals surface area contributed by atoms with Crippen molar-refractivity contribution in [3.8, 4) is 11.3 Å². The molecule has 3 aromatic rings. The number of sulfonamides is 1. The molecule has 29 heavy (non-hydrogen) atoms. The van der Waals surface area contributed by atoms with Gasteiger partial charge < -0.3 is 4.90 Å². The van der Waals surface area contributed by atoms with Gasteiger partial charge in [0.25, 0.3) is 0 Å². The maximum Gasteiger partial charge on any atom is 0.240 e. The molecule has 8 heteroatoms. The standard InChI is InChI=1S/C21H25N5O2S/c1-16-2-4-19(5-3-16)29(27,28)23-15-17-8-12-26(13-9-17)21-14-20(24-25-21)18-6-10-22-11-7-18/h2-7,10-11,14,17,23H,8-9,12-13,15H2,1H3,(H,24,25). The van der Waals surface area contributed by atoms with Crippen LogP contribution in [0, 0.1) is 12.8 Å². The molecule has 3 heterocycles. The minimum Gasteiger partial charge on any atom is -0.355 e. The SMILES string of the molecule is Cc1ccc(S(=O)(=O)NCC2CCN(c3cc(-c4ccncc4)[nH]n3)CC2)cc1. The lowest BCUT2D eigenvalue weighted by Gasteiger charge is -2.32. The molecule has 1 aromatic carbocycles. The molecule has 0 spiro atoms. The van der Waals surface area contributed by atoms with E-state index in [4.69, 9.17) is 0 Å². The summed E-state index contributed by atoms with van der Waals surface area (Å²) in [5, 5.41) is 7.53. The van der Waals surface area contributed by atoms with Crippen molar-refractivity contribution in [3.63, 3.8) is 0 Å². The fraction of sp³-hybridized carbons (Fsp3) is 0.333. The number of nitrogens with zero attached hydrogens (tertiary/aromatic N) is 3. The summed E-state index contributed by atoms with van der Waals surface area (Å²) in [6, 6.07) is 12.9. The highest BCUT2D eigenvalue weighted by Crippen LogP contribution is 2.25. The number of aryl methyl sites for hydroxylation is 1. The van der Waals surface area contributed by atoms with Crippen molar-refractivity contribution in [2.75, 3.05) is 24.5 Å². The second-order valence-corrected chi connectivity index (χ2v) is 9.24. The van der Waals surface area contributed by atoms with Crippen LogP contribution < -0.4 is 9.62 Å². The van der Waals surface area contributed by atoms with E-state index in [9.17, 15) is 8.42 Å². The van der Waals surface area contributed by atoms with E-state index in [1.54, 1.807) is 24.5 Å².